The van der Waals surface area contributed by atoms with Gasteiger partial charge in [-0.25, -0.2) is 4.39 Å². The van der Waals surface area contributed by atoms with Crippen LogP contribution in [0.15, 0.2) is 41.6 Å². The van der Waals surface area contributed by atoms with Gasteiger partial charge in [0.2, 0.25) is 5.16 Å². The van der Waals surface area contributed by atoms with Gasteiger partial charge in [-0.05, 0) is 36.4 Å². The van der Waals surface area contributed by atoms with E-state index < -0.39 is 0 Å². The molecule has 6 nitrogen and oxygen atoms in total. The zero-order valence-electron chi connectivity index (χ0n) is 12.1. The van der Waals surface area contributed by atoms with Crippen molar-refractivity contribution in [2.45, 2.75) is 11.4 Å². The molecular formula is C15H13FN4O2S. The normalized spacial score (nSPS) is 15.5. The molecule has 118 valence electrons. The number of fused-ring (bicyclic) bond motifs is 1. The van der Waals surface area contributed by atoms with Crippen LogP contribution in [0.25, 0.3) is 16.9 Å². The Hall–Kier alpha value is -2.03. The van der Waals surface area contributed by atoms with Crippen molar-refractivity contribution in [3.05, 3.63) is 42.2 Å². The van der Waals surface area contributed by atoms with Gasteiger partial charge in [-0.15, -0.1) is 10.2 Å². The average Bonchev–Trinajstić information content (AvgIpc) is 3.22. The van der Waals surface area contributed by atoms with E-state index >= 15 is 0 Å². The van der Waals surface area contributed by atoms with Gasteiger partial charge in [-0.1, -0.05) is 11.8 Å². The molecule has 0 atom stereocenters. The molecule has 0 amide bonds. The highest BCUT2D eigenvalue weighted by Crippen LogP contribution is 2.22. The third-order valence-corrected chi connectivity index (χ3v) is 4.37. The van der Waals surface area contributed by atoms with Gasteiger partial charge in [0.15, 0.2) is 11.9 Å². The van der Waals surface area contributed by atoms with Crippen LogP contribution in [0.5, 0.6) is 0 Å². The van der Waals surface area contributed by atoms with Gasteiger partial charge < -0.3 is 9.47 Å². The van der Waals surface area contributed by atoms with Gasteiger partial charge >= 0.3 is 0 Å². The van der Waals surface area contributed by atoms with Gasteiger partial charge in [0.05, 0.1) is 24.7 Å². The molecule has 1 aromatic carbocycles. The molecule has 4 rings (SSSR count). The maximum Gasteiger partial charge on any atom is 0.212 e. The highest BCUT2D eigenvalue weighted by atomic mass is 32.2. The Bertz CT molecular complexity index is 818. The lowest BCUT2D eigenvalue weighted by molar-refractivity contribution is -0.0215. The first kappa shape index (κ1) is 14.6. The minimum atomic E-state index is -0.271. The van der Waals surface area contributed by atoms with Crippen molar-refractivity contribution in [3.8, 4) is 11.3 Å². The minimum absolute atomic E-state index is 0.215. The zero-order chi connectivity index (χ0) is 15.6. The number of hydrogen-bond acceptors (Lipinski definition) is 6. The van der Waals surface area contributed by atoms with Crippen LogP contribution >= 0.6 is 11.8 Å². The van der Waals surface area contributed by atoms with Crippen LogP contribution in [0.4, 0.5) is 4.39 Å². The molecule has 0 radical (unpaired) electrons. The van der Waals surface area contributed by atoms with E-state index in [1.54, 1.807) is 16.6 Å². The fourth-order valence-corrected chi connectivity index (χ4v) is 3.11. The van der Waals surface area contributed by atoms with Crippen molar-refractivity contribution >= 4 is 17.4 Å². The van der Waals surface area contributed by atoms with Crippen LogP contribution in [-0.2, 0) is 9.47 Å². The molecule has 0 N–H and O–H groups in total. The Morgan fingerprint density at radius 2 is 1.87 bits per heavy atom. The number of nitrogens with zero attached hydrogens (tertiary/aromatic N) is 4. The average molecular weight is 332 g/mol. The third kappa shape index (κ3) is 3.05. The number of hydrogen-bond donors (Lipinski definition) is 0. The van der Waals surface area contributed by atoms with E-state index in [-0.39, 0.29) is 12.1 Å². The summed E-state index contributed by atoms with van der Waals surface area (Å²) in [6, 6.07) is 9.90. The van der Waals surface area contributed by atoms with E-state index in [9.17, 15) is 4.39 Å². The van der Waals surface area contributed by atoms with Crippen molar-refractivity contribution in [1.82, 2.24) is 19.8 Å². The van der Waals surface area contributed by atoms with Gasteiger partial charge in [-0.2, -0.15) is 9.61 Å². The van der Waals surface area contributed by atoms with E-state index in [0.717, 1.165) is 11.3 Å². The number of halogens is 1. The van der Waals surface area contributed by atoms with Crippen molar-refractivity contribution in [2.75, 3.05) is 19.0 Å². The quantitative estimate of drug-likeness (QED) is 0.684. The Morgan fingerprint density at radius 3 is 2.65 bits per heavy atom. The van der Waals surface area contributed by atoms with Gasteiger partial charge in [0, 0.05) is 5.56 Å². The van der Waals surface area contributed by atoms with Crippen LogP contribution in [0.2, 0.25) is 0 Å². The molecule has 0 spiro atoms. The summed E-state index contributed by atoms with van der Waals surface area (Å²) < 4.78 is 25.5. The van der Waals surface area contributed by atoms with Gasteiger partial charge in [0.1, 0.15) is 5.82 Å². The largest absolute Gasteiger partial charge is 0.349 e. The van der Waals surface area contributed by atoms with E-state index in [0.29, 0.717) is 29.8 Å². The number of ether oxygens (including phenoxy) is 2. The van der Waals surface area contributed by atoms with Crippen molar-refractivity contribution in [1.29, 1.82) is 0 Å². The first-order chi connectivity index (χ1) is 11.3. The number of rotatable bonds is 4. The van der Waals surface area contributed by atoms with E-state index in [1.165, 1.54) is 23.9 Å². The zero-order valence-corrected chi connectivity index (χ0v) is 12.9. The highest BCUT2D eigenvalue weighted by Gasteiger charge is 2.18. The number of thioether (sulfide) groups is 1. The lowest BCUT2D eigenvalue weighted by atomic mass is 10.1. The highest BCUT2D eigenvalue weighted by molar-refractivity contribution is 7.99. The standard InChI is InChI=1S/C15H13FN4O2S/c16-11-3-1-10(2-4-11)12-5-6-13-17-18-15(20(13)19-12)23-9-14-21-7-8-22-14/h1-6,14H,7-9H2. The van der Waals surface area contributed by atoms with Gasteiger partial charge in [0.25, 0.3) is 0 Å². The van der Waals surface area contributed by atoms with Crippen LogP contribution in [0, 0.1) is 5.82 Å². The topological polar surface area (TPSA) is 61.5 Å². The van der Waals surface area contributed by atoms with Crippen molar-refractivity contribution in [3.63, 3.8) is 0 Å². The molecule has 1 saturated heterocycles. The summed E-state index contributed by atoms with van der Waals surface area (Å²) >= 11 is 1.48. The molecule has 23 heavy (non-hydrogen) atoms. The molecular weight excluding hydrogens is 319 g/mol. The second kappa shape index (κ2) is 6.23. The Kier molecular flexibility index (Phi) is 3.94. The fourth-order valence-electron chi connectivity index (χ4n) is 2.28. The van der Waals surface area contributed by atoms with Gasteiger partial charge in [-0.3, -0.25) is 0 Å². The summed E-state index contributed by atoms with van der Waals surface area (Å²) in [5.74, 6) is 0.357. The molecule has 8 heteroatoms. The molecule has 1 fully saturated rings. The first-order valence-corrected chi connectivity index (χ1v) is 8.12. The van der Waals surface area contributed by atoms with Crippen LogP contribution in [0.1, 0.15) is 0 Å². The second-order valence-corrected chi connectivity index (χ2v) is 5.95. The maximum atomic E-state index is 13.0. The summed E-state index contributed by atoms with van der Waals surface area (Å²) in [5, 5.41) is 13.5. The SMILES string of the molecule is Fc1ccc(-c2ccc3nnc(SCC4OCCO4)n3n2)cc1. The number of benzene rings is 1. The lowest BCUT2D eigenvalue weighted by Crippen LogP contribution is -2.11. The molecule has 0 aliphatic carbocycles. The Morgan fingerprint density at radius 1 is 1.09 bits per heavy atom. The predicted molar refractivity (Wildman–Crippen MR) is 82.6 cm³/mol. The monoisotopic (exact) mass is 332 g/mol. The molecule has 1 aliphatic heterocycles. The Balaban J connectivity index is 1.61. The minimum Gasteiger partial charge on any atom is -0.349 e. The van der Waals surface area contributed by atoms with E-state index in [1.807, 2.05) is 12.1 Å². The second-order valence-electron chi connectivity index (χ2n) is 4.96. The Labute approximate surface area is 135 Å². The molecule has 0 unspecified atom stereocenters. The van der Waals surface area contributed by atoms with E-state index in [4.69, 9.17) is 9.47 Å². The maximum absolute atomic E-state index is 13.0. The lowest BCUT2D eigenvalue weighted by Gasteiger charge is -2.07. The fraction of sp³-hybridized carbons (Fsp3) is 0.267. The smallest absolute Gasteiger partial charge is 0.212 e. The molecule has 2 aromatic heterocycles. The van der Waals surface area contributed by atoms with Crippen molar-refractivity contribution in [2.24, 2.45) is 0 Å². The third-order valence-electron chi connectivity index (χ3n) is 3.41. The number of aromatic nitrogens is 4. The molecule has 1 aliphatic rings. The van der Waals surface area contributed by atoms with Crippen LogP contribution in [-0.4, -0.2) is 45.1 Å². The van der Waals surface area contributed by atoms with Crippen LogP contribution < -0.4 is 0 Å². The summed E-state index contributed by atoms with van der Waals surface area (Å²) in [6.45, 7) is 1.25. The first-order valence-electron chi connectivity index (χ1n) is 7.14. The molecule has 0 bridgehead atoms. The summed E-state index contributed by atoms with van der Waals surface area (Å²) in [5.41, 5.74) is 2.22. The predicted octanol–water partition coefficient (Wildman–Crippen LogP) is 2.40. The molecule has 3 aromatic rings. The summed E-state index contributed by atoms with van der Waals surface area (Å²) in [6.07, 6.45) is -0.215. The van der Waals surface area contributed by atoms with Crippen molar-refractivity contribution < 1.29 is 13.9 Å². The molecule has 3 heterocycles. The summed E-state index contributed by atoms with van der Waals surface area (Å²) in [4.78, 5) is 0. The molecule has 0 saturated carbocycles. The van der Waals surface area contributed by atoms with E-state index in [2.05, 4.69) is 15.3 Å². The van der Waals surface area contributed by atoms with Crippen LogP contribution in [0.3, 0.4) is 0 Å². The summed E-state index contributed by atoms with van der Waals surface area (Å²) in [7, 11) is 0.